The number of thiocarbonyl (C=S) groups is 1. The van der Waals surface area contributed by atoms with Crippen LogP contribution in [0.15, 0.2) is 83.4 Å². The first kappa shape index (κ1) is 20.7. The number of halogens is 2. The van der Waals surface area contributed by atoms with E-state index >= 15 is 0 Å². The summed E-state index contributed by atoms with van der Waals surface area (Å²) in [6, 6.07) is 21.1. The molecule has 0 radical (unpaired) electrons. The fourth-order valence-electron chi connectivity index (χ4n) is 3.96. The number of aromatic nitrogens is 1. The van der Waals surface area contributed by atoms with Gasteiger partial charge in [-0.25, -0.2) is 4.39 Å². The standard InChI is InChI=1S/C25H19ClFN3OS/c1-15-9-10-16(14-17(15)26)21-11-12-22(31-21)24-23(19-7-4-5-13-28-19)29-25(32)30(24)20-8-3-2-6-18(20)27/h2-14,23-24H,1H3,(H,29,32)/t23-,24-/m1/s1. The van der Waals surface area contributed by atoms with E-state index in [2.05, 4.69) is 10.3 Å². The van der Waals surface area contributed by atoms with Gasteiger partial charge >= 0.3 is 0 Å². The number of aryl methyl sites for hydroxylation is 1. The van der Waals surface area contributed by atoms with Crippen molar-refractivity contribution in [3.8, 4) is 11.3 Å². The first-order valence-corrected chi connectivity index (χ1v) is 10.9. The zero-order valence-electron chi connectivity index (χ0n) is 17.1. The summed E-state index contributed by atoms with van der Waals surface area (Å²) >= 11 is 11.9. The van der Waals surface area contributed by atoms with E-state index < -0.39 is 6.04 Å². The van der Waals surface area contributed by atoms with Gasteiger partial charge in [-0.3, -0.25) is 4.98 Å². The number of pyridine rings is 1. The van der Waals surface area contributed by atoms with E-state index in [0.29, 0.717) is 27.3 Å². The van der Waals surface area contributed by atoms with Gasteiger partial charge < -0.3 is 14.6 Å². The molecule has 0 amide bonds. The summed E-state index contributed by atoms with van der Waals surface area (Å²) in [7, 11) is 0. The summed E-state index contributed by atoms with van der Waals surface area (Å²) in [5.41, 5.74) is 3.03. The average molecular weight is 464 g/mol. The fourth-order valence-corrected chi connectivity index (χ4v) is 4.48. The molecule has 1 aliphatic rings. The van der Waals surface area contributed by atoms with E-state index in [1.807, 2.05) is 55.5 Å². The van der Waals surface area contributed by atoms with Crippen LogP contribution in [0.5, 0.6) is 0 Å². The Balaban J connectivity index is 1.61. The quantitative estimate of drug-likeness (QED) is 0.344. The normalized spacial score (nSPS) is 18.1. The second-order valence-corrected chi connectivity index (χ2v) is 8.41. The molecule has 4 nitrogen and oxygen atoms in total. The van der Waals surface area contributed by atoms with Gasteiger partial charge in [0, 0.05) is 16.8 Å². The number of hydrogen-bond acceptors (Lipinski definition) is 3. The Labute approximate surface area is 195 Å². The zero-order valence-corrected chi connectivity index (χ0v) is 18.7. The van der Waals surface area contributed by atoms with Gasteiger partial charge in [-0.15, -0.1) is 0 Å². The maximum absolute atomic E-state index is 14.8. The monoisotopic (exact) mass is 463 g/mol. The van der Waals surface area contributed by atoms with E-state index in [1.165, 1.54) is 6.07 Å². The van der Waals surface area contributed by atoms with Crippen molar-refractivity contribution in [2.24, 2.45) is 0 Å². The number of benzene rings is 2. The number of anilines is 1. The lowest BCUT2D eigenvalue weighted by atomic mass is 10.0. The lowest BCUT2D eigenvalue weighted by Gasteiger charge is -2.26. The van der Waals surface area contributed by atoms with Crippen LogP contribution < -0.4 is 10.2 Å². The summed E-state index contributed by atoms with van der Waals surface area (Å²) in [6.45, 7) is 1.95. The smallest absolute Gasteiger partial charge is 0.174 e. The van der Waals surface area contributed by atoms with Crippen molar-refractivity contribution in [3.05, 3.63) is 107 Å². The maximum Gasteiger partial charge on any atom is 0.174 e. The molecule has 1 fully saturated rings. The molecular weight excluding hydrogens is 445 g/mol. The molecule has 160 valence electrons. The Morgan fingerprint density at radius 2 is 1.88 bits per heavy atom. The molecule has 0 saturated carbocycles. The van der Waals surface area contributed by atoms with Gasteiger partial charge in [0.05, 0.1) is 17.4 Å². The third-order valence-corrected chi connectivity index (χ3v) is 6.31. The van der Waals surface area contributed by atoms with Crippen molar-refractivity contribution in [2.75, 3.05) is 4.90 Å². The number of para-hydroxylation sites is 1. The Hall–Kier alpha value is -3.22. The van der Waals surface area contributed by atoms with Crippen molar-refractivity contribution in [3.63, 3.8) is 0 Å². The van der Waals surface area contributed by atoms with Crippen LogP contribution in [-0.4, -0.2) is 10.1 Å². The second kappa shape index (κ2) is 8.37. The van der Waals surface area contributed by atoms with Crippen molar-refractivity contribution < 1.29 is 8.81 Å². The lowest BCUT2D eigenvalue weighted by molar-refractivity contribution is 0.438. The lowest BCUT2D eigenvalue weighted by Crippen LogP contribution is -2.30. The van der Waals surface area contributed by atoms with Gasteiger partial charge in [0.1, 0.15) is 23.4 Å². The summed E-state index contributed by atoms with van der Waals surface area (Å²) in [4.78, 5) is 6.26. The number of nitrogens with one attached hydrogen (secondary N) is 1. The minimum atomic E-state index is -0.427. The van der Waals surface area contributed by atoms with Gasteiger partial charge in [0.2, 0.25) is 0 Å². The summed E-state index contributed by atoms with van der Waals surface area (Å²) < 4.78 is 21.1. The van der Waals surface area contributed by atoms with Crippen LogP contribution in [0.3, 0.4) is 0 Å². The molecule has 7 heteroatoms. The van der Waals surface area contributed by atoms with Gasteiger partial charge in [0.15, 0.2) is 5.11 Å². The molecular formula is C25H19ClFN3OS. The minimum Gasteiger partial charge on any atom is -0.459 e. The molecule has 32 heavy (non-hydrogen) atoms. The number of rotatable bonds is 4. The third-order valence-electron chi connectivity index (χ3n) is 5.58. The van der Waals surface area contributed by atoms with E-state index in [1.54, 1.807) is 29.3 Å². The van der Waals surface area contributed by atoms with E-state index in [4.69, 9.17) is 28.2 Å². The Morgan fingerprint density at radius 3 is 2.62 bits per heavy atom. The zero-order chi connectivity index (χ0) is 22.2. The number of nitrogens with zero attached hydrogens (tertiary/aromatic N) is 2. The van der Waals surface area contributed by atoms with Gasteiger partial charge in [0.25, 0.3) is 0 Å². The largest absolute Gasteiger partial charge is 0.459 e. The van der Waals surface area contributed by atoms with Crippen molar-refractivity contribution in [1.29, 1.82) is 0 Å². The van der Waals surface area contributed by atoms with Crippen LogP contribution in [-0.2, 0) is 0 Å². The number of hydrogen-bond donors (Lipinski definition) is 1. The maximum atomic E-state index is 14.8. The molecule has 2 atom stereocenters. The summed E-state index contributed by atoms with van der Waals surface area (Å²) in [6.07, 6.45) is 1.73. The number of furan rings is 1. The molecule has 0 bridgehead atoms. The minimum absolute atomic E-state index is 0.316. The van der Waals surface area contributed by atoms with Gasteiger partial charge in [-0.05, 0) is 67.2 Å². The predicted octanol–water partition coefficient (Wildman–Crippen LogP) is 6.62. The predicted molar refractivity (Wildman–Crippen MR) is 128 cm³/mol. The highest BCUT2D eigenvalue weighted by Crippen LogP contribution is 2.43. The first-order chi connectivity index (χ1) is 15.5. The highest BCUT2D eigenvalue weighted by Gasteiger charge is 2.43. The van der Waals surface area contributed by atoms with Crippen LogP contribution >= 0.6 is 23.8 Å². The van der Waals surface area contributed by atoms with Crippen molar-refractivity contribution >= 4 is 34.6 Å². The van der Waals surface area contributed by atoms with Gasteiger partial charge in [-0.1, -0.05) is 41.9 Å². The second-order valence-electron chi connectivity index (χ2n) is 7.61. The summed E-state index contributed by atoms with van der Waals surface area (Å²) in [5.74, 6) is 0.955. The summed E-state index contributed by atoms with van der Waals surface area (Å²) in [5, 5.41) is 4.39. The van der Waals surface area contributed by atoms with Crippen LogP contribution in [0.1, 0.15) is 29.1 Å². The van der Waals surface area contributed by atoms with Crippen LogP contribution in [0.25, 0.3) is 11.3 Å². The van der Waals surface area contributed by atoms with Crippen LogP contribution in [0.4, 0.5) is 10.1 Å². The molecule has 5 rings (SSSR count). The van der Waals surface area contributed by atoms with Gasteiger partial charge in [-0.2, -0.15) is 0 Å². The van der Waals surface area contributed by atoms with E-state index in [0.717, 1.165) is 16.8 Å². The van der Waals surface area contributed by atoms with E-state index in [9.17, 15) is 4.39 Å². The molecule has 2 aromatic heterocycles. The molecule has 4 aromatic rings. The highest BCUT2D eigenvalue weighted by atomic mass is 35.5. The molecule has 0 aliphatic carbocycles. The van der Waals surface area contributed by atoms with Crippen molar-refractivity contribution in [2.45, 2.75) is 19.0 Å². The first-order valence-electron chi connectivity index (χ1n) is 10.1. The molecule has 1 aliphatic heterocycles. The molecule has 0 unspecified atom stereocenters. The molecule has 0 spiro atoms. The average Bonchev–Trinajstić information content (AvgIpc) is 3.41. The Bertz CT molecular complexity index is 1290. The molecule has 2 aromatic carbocycles. The SMILES string of the molecule is Cc1ccc(-c2ccc([C@@H]3[C@@H](c4ccccn4)NC(=S)N3c3ccccc3F)o2)cc1Cl. The Kier molecular flexibility index (Phi) is 5.41. The molecule has 1 N–H and O–H groups in total. The topological polar surface area (TPSA) is 41.3 Å². The highest BCUT2D eigenvalue weighted by molar-refractivity contribution is 7.80. The van der Waals surface area contributed by atoms with Crippen molar-refractivity contribution in [1.82, 2.24) is 10.3 Å². The molecule has 3 heterocycles. The van der Waals surface area contributed by atoms with Crippen LogP contribution in [0.2, 0.25) is 5.02 Å². The molecule has 1 saturated heterocycles. The van der Waals surface area contributed by atoms with E-state index in [-0.39, 0.29) is 11.9 Å². The Morgan fingerprint density at radius 1 is 1.06 bits per heavy atom. The fraction of sp³-hybridized carbons (Fsp3) is 0.120. The third kappa shape index (κ3) is 3.66. The van der Waals surface area contributed by atoms with Crippen LogP contribution in [0, 0.1) is 12.7 Å².